The maximum atomic E-state index is 12.8. The Hall–Kier alpha value is -3.93. The van der Waals surface area contributed by atoms with Crippen molar-refractivity contribution in [2.75, 3.05) is 43.9 Å². The largest absolute Gasteiger partial charge is 0.361 e. The molecular formula is C38H56N12O2. The monoisotopic (exact) mass is 712 g/mol. The summed E-state index contributed by atoms with van der Waals surface area (Å²) in [5, 5.41) is 48.3. The quantitative estimate of drug-likeness (QED) is 0.0804. The third-order valence-corrected chi connectivity index (χ3v) is 9.50. The second-order valence-corrected chi connectivity index (χ2v) is 14.1. The normalized spacial score (nSPS) is 24.2. The van der Waals surface area contributed by atoms with E-state index in [0.717, 1.165) is 71.9 Å². The van der Waals surface area contributed by atoms with Gasteiger partial charge in [0.05, 0.1) is 12.3 Å². The van der Waals surface area contributed by atoms with Gasteiger partial charge in [0.25, 0.3) is 0 Å². The number of carbonyl (C=O) groups excluding carboxylic acids is 1. The fourth-order valence-corrected chi connectivity index (χ4v) is 7.00. The van der Waals surface area contributed by atoms with Crippen LogP contribution in [0.2, 0.25) is 0 Å². The zero-order valence-electron chi connectivity index (χ0n) is 30.4. The molecule has 0 spiro atoms. The van der Waals surface area contributed by atoms with Crippen LogP contribution in [0.5, 0.6) is 0 Å². The predicted octanol–water partition coefficient (Wildman–Crippen LogP) is 1.82. The highest BCUT2D eigenvalue weighted by Crippen LogP contribution is 2.22. The minimum absolute atomic E-state index is 0.0504. The number of anilines is 2. The van der Waals surface area contributed by atoms with Gasteiger partial charge in [0.15, 0.2) is 6.35 Å². The number of nitrogens with one attached hydrogen (secondary N) is 10. The summed E-state index contributed by atoms with van der Waals surface area (Å²) in [6, 6.07) is 26.8. The summed E-state index contributed by atoms with van der Waals surface area (Å²) in [7, 11) is 2.12. The summed E-state index contributed by atoms with van der Waals surface area (Å²) < 4.78 is 0. The van der Waals surface area contributed by atoms with Crippen molar-refractivity contribution in [3.05, 3.63) is 84.4 Å². The zero-order chi connectivity index (χ0) is 36.5. The lowest BCUT2D eigenvalue weighted by molar-refractivity contribution is 0.101. The number of hydrogen-bond donors (Lipinski definition) is 12. The second-order valence-electron chi connectivity index (χ2n) is 14.1. The Morgan fingerprint density at radius 2 is 1.44 bits per heavy atom. The molecule has 0 saturated carbocycles. The molecule has 0 aromatic heterocycles. The number of rotatable bonds is 15. The van der Waals surface area contributed by atoms with Gasteiger partial charge in [0.2, 0.25) is 0 Å². The van der Waals surface area contributed by atoms with E-state index in [1.54, 1.807) is 0 Å². The van der Waals surface area contributed by atoms with Crippen LogP contribution >= 0.6 is 0 Å². The van der Waals surface area contributed by atoms with Crippen LogP contribution in [0.25, 0.3) is 21.5 Å². The van der Waals surface area contributed by atoms with Gasteiger partial charge in [-0.05, 0) is 91.2 Å². The number of carbonyl (C=O) groups is 1. The van der Waals surface area contributed by atoms with Crippen molar-refractivity contribution in [1.29, 1.82) is 0 Å². The molecule has 0 bridgehead atoms. The smallest absolute Gasteiger partial charge is 0.321 e. The molecule has 4 aromatic rings. The summed E-state index contributed by atoms with van der Waals surface area (Å²) in [5.41, 5.74) is 8.44. The lowest BCUT2D eigenvalue weighted by Gasteiger charge is -2.38. The number of aliphatic hydroxyl groups excluding tert-OH is 1. The number of nitrogens with zero attached hydrogens (tertiary/aromatic N) is 1. The minimum atomic E-state index is -0.958. The lowest BCUT2D eigenvalue weighted by Crippen LogP contribution is -2.68. The van der Waals surface area contributed by atoms with E-state index in [1.807, 2.05) is 42.5 Å². The molecule has 2 amide bonds. The Morgan fingerprint density at radius 3 is 2.21 bits per heavy atom. The molecule has 4 aromatic carbocycles. The van der Waals surface area contributed by atoms with Crippen molar-refractivity contribution in [3.63, 3.8) is 0 Å². The summed E-state index contributed by atoms with van der Waals surface area (Å²) in [6.07, 6.45) is 0.378. The Labute approximate surface area is 306 Å². The van der Waals surface area contributed by atoms with E-state index in [0.29, 0.717) is 6.54 Å². The first-order valence-corrected chi connectivity index (χ1v) is 18.4. The highest BCUT2D eigenvalue weighted by atomic mass is 16.3. The fourth-order valence-electron chi connectivity index (χ4n) is 7.00. The number of fused-ring (bicyclic) bond motifs is 2. The molecule has 14 heteroatoms. The number of hydrogen-bond acceptors (Lipinski definition) is 12. The van der Waals surface area contributed by atoms with Gasteiger partial charge in [-0.1, -0.05) is 48.5 Å². The number of benzene rings is 4. The third-order valence-electron chi connectivity index (χ3n) is 9.50. The number of urea groups is 1. The average molecular weight is 713 g/mol. The Bertz CT molecular complexity index is 1760. The van der Waals surface area contributed by atoms with Crippen LogP contribution in [0.1, 0.15) is 32.3 Å². The average Bonchev–Trinajstić information content (AvgIpc) is 3.10. The van der Waals surface area contributed by atoms with Gasteiger partial charge in [0, 0.05) is 56.2 Å². The number of likely N-dealkylation sites (N-methyl/N-ethyl adjacent to an activating group) is 1. The van der Waals surface area contributed by atoms with Crippen molar-refractivity contribution >= 4 is 39.0 Å². The summed E-state index contributed by atoms with van der Waals surface area (Å²) in [6.45, 7) is 7.99. The number of aliphatic hydroxyl groups is 1. The van der Waals surface area contributed by atoms with Gasteiger partial charge >= 0.3 is 6.03 Å². The highest BCUT2D eigenvalue weighted by Gasteiger charge is 2.27. The second kappa shape index (κ2) is 18.2. The Balaban J connectivity index is 0.938. The van der Waals surface area contributed by atoms with Crippen molar-refractivity contribution in [2.45, 2.75) is 76.6 Å². The summed E-state index contributed by atoms with van der Waals surface area (Å²) in [4.78, 5) is 15.1. The molecule has 14 nitrogen and oxygen atoms in total. The molecule has 0 aliphatic carbocycles. The van der Waals surface area contributed by atoms with Crippen LogP contribution in [0.15, 0.2) is 78.9 Å². The molecule has 7 unspecified atom stereocenters. The minimum Gasteiger partial charge on any atom is -0.361 e. The molecule has 2 fully saturated rings. The third kappa shape index (κ3) is 11.0. The van der Waals surface area contributed by atoms with Gasteiger partial charge < -0.3 is 42.3 Å². The van der Waals surface area contributed by atoms with E-state index in [4.69, 9.17) is 5.73 Å². The topological polar surface area (TPSA) is 187 Å². The molecule has 6 rings (SSSR count). The van der Waals surface area contributed by atoms with E-state index in [-0.39, 0.29) is 43.0 Å². The Kier molecular flexibility index (Phi) is 13.2. The standard InChI is InChI=1S/C38H56N12O2/c1-24-18-33(40-15-14-39)46-35(42-24)48-38(52)45-32-13-11-28-9-8-26(20-30(28)22-32)23-50(3)17-16-41-34-19-25(2)43-36(47-34)49-37(51)44-31-12-10-27-6-4-5-7-29(27)21-31/h4-13,20-22,24-25,33-36,38,40-43,45-48,52H,14-19,23,39H2,1-3H3,(H2,44,49,51). The van der Waals surface area contributed by atoms with Gasteiger partial charge in [-0.25, -0.2) is 10.1 Å². The summed E-state index contributed by atoms with van der Waals surface area (Å²) >= 11 is 0. The van der Waals surface area contributed by atoms with Crippen LogP contribution in [-0.4, -0.2) is 92.6 Å². The highest BCUT2D eigenvalue weighted by molar-refractivity contribution is 5.93. The van der Waals surface area contributed by atoms with Crippen LogP contribution in [0.4, 0.5) is 16.2 Å². The van der Waals surface area contributed by atoms with E-state index in [1.165, 1.54) is 5.56 Å². The maximum Gasteiger partial charge on any atom is 0.321 e. The van der Waals surface area contributed by atoms with E-state index in [2.05, 4.69) is 115 Å². The predicted molar refractivity (Wildman–Crippen MR) is 210 cm³/mol. The summed E-state index contributed by atoms with van der Waals surface area (Å²) in [5.74, 6) is 0. The molecule has 2 saturated heterocycles. The molecule has 13 N–H and O–H groups in total. The fraction of sp³-hybridized carbons (Fsp3) is 0.447. The Morgan fingerprint density at radius 1 is 0.808 bits per heavy atom. The SMILES string of the molecule is CC1CC(NCCN(C)Cc2ccc3ccc(NC(O)NC4NC(C)CC(NCCN)N4)cc3c2)NC(NC(=O)Nc2ccc3ccccc3c2)N1. The van der Waals surface area contributed by atoms with E-state index in [9.17, 15) is 9.90 Å². The van der Waals surface area contributed by atoms with Gasteiger partial charge in [-0.3, -0.25) is 21.3 Å². The van der Waals surface area contributed by atoms with Gasteiger partial charge in [0.1, 0.15) is 12.6 Å². The maximum absolute atomic E-state index is 12.8. The molecule has 0 radical (unpaired) electrons. The molecule has 2 aliphatic rings. The molecule has 52 heavy (non-hydrogen) atoms. The van der Waals surface area contributed by atoms with Crippen molar-refractivity contribution in [1.82, 2.24) is 47.4 Å². The van der Waals surface area contributed by atoms with Crippen LogP contribution in [0.3, 0.4) is 0 Å². The van der Waals surface area contributed by atoms with Gasteiger partial charge in [-0.2, -0.15) is 0 Å². The molecule has 2 heterocycles. The van der Waals surface area contributed by atoms with Crippen LogP contribution in [0, 0.1) is 0 Å². The van der Waals surface area contributed by atoms with E-state index < -0.39 is 6.35 Å². The van der Waals surface area contributed by atoms with Gasteiger partial charge in [-0.15, -0.1) is 0 Å². The molecule has 280 valence electrons. The first-order valence-electron chi connectivity index (χ1n) is 18.4. The lowest BCUT2D eigenvalue weighted by atomic mass is 10.1. The zero-order valence-corrected chi connectivity index (χ0v) is 30.4. The van der Waals surface area contributed by atoms with Crippen LogP contribution in [-0.2, 0) is 6.54 Å². The van der Waals surface area contributed by atoms with Crippen molar-refractivity contribution < 1.29 is 9.90 Å². The molecule has 7 atom stereocenters. The first-order chi connectivity index (χ1) is 25.2. The van der Waals surface area contributed by atoms with Crippen molar-refractivity contribution in [2.24, 2.45) is 5.73 Å². The van der Waals surface area contributed by atoms with Crippen LogP contribution < -0.4 is 58.9 Å². The number of nitrogens with two attached hydrogens (primary N) is 1. The van der Waals surface area contributed by atoms with E-state index >= 15 is 0 Å². The molecule has 2 aliphatic heterocycles. The first kappa shape index (κ1) is 37.8. The number of amides is 2. The molecular weight excluding hydrogens is 656 g/mol. The van der Waals surface area contributed by atoms with Crippen molar-refractivity contribution in [3.8, 4) is 0 Å².